The normalized spacial score (nSPS) is 38.8. The molecule has 0 amide bonds. The second-order valence-electron chi connectivity index (χ2n) is 3.94. The molecular weight excluding hydrogens is 168 g/mol. The highest BCUT2D eigenvalue weighted by molar-refractivity contribution is 5.80. The lowest BCUT2D eigenvalue weighted by Gasteiger charge is -2.28. The van der Waals surface area contributed by atoms with E-state index in [-0.39, 0.29) is 24.2 Å². The molecule has 0 bridgehead atoms. The average Bonchev–Trinajstić information content (AvgIpc) is 2.42. The van der Waals surface area contributed by atoms with Crippen molar-refractivity contribution in [2.45, 2.75) is 25.4 Å². The van der Waals surface area contributed by atoms with Gasteiger partial charge in [0.05, 0.1) is 12.7 Å². The maximum absolute atomic E-state index is 11.2. The molecule has 0 spiro atoms. The lowest BCUT2D eigenvalue weighted by atomic mass is 9.77. The molecule has 0 aromatic carbocycles. The number of ketones is 1. The molecule has 0 radical (unpaired) electrons. The first-order chi connectivity index (χ1) is 6.22. The molecule has 1 fully saturated rings. The van der Waals surface area contributed by atoms with Gasteiger partial charge in [0.15, 0.2) is 0 Å². The first-order valence-corrected chi connectivity index (χ1v) is 4.73. The number of aliphatic hydroxyl groups excluding tert-OH is 2. The minimum Gasteiger partial charge on any atom is -0.392 e. The molecule has 0 heterocycles. The number of carbonyl (C=O) groups excluding carboxylic acids is 1. The molecule has 3 nitrogen and oxygen atoms in total. The number of aliphatic hydroxyl groups is 2. The van der Waals surface area contributed by atoms with Crippen LogP contribution >= 0.6 is 0 Å². The Bertz CT molecular complexity index is 257. The van der Waals surface area contributed by atoms with Gasteiger partial charge in [-0.25, -0.2) is 0 Å². The predicted molar refractivity (Wildman–Crippen MR) is 47.0 cm³/mol. The van der Waals surface area contributed by atoms with Crippen LogP contribution in [0.25, 0.3) is 0 Å². The molecule has 72 valence electrons. The van der Waals surface area contributed by atoms with Gasteiger partial charge in [0, 0.05) is 12.8 Å². The highest BCUT2D eigenvalue weighted by Gasteiger charge is 2.39. The molecule has 0 aliphatic heterocycles. The van der Waals surface area contributed by atoms with E-state index in [1.807, 2.05) is 0 Å². The zero-order valence-electron chi connectivity index (χ0n) is 7.44. The van der Waals surface area contributed by atoms with Crippen molar-refractivity contribution >= 4 is 5.78 Å². The van der Waals surface area contributed by atoms with Gasteiger partial charge in [-0.3, -0.25) is 4.79 Å². The monoisotopic (exact) mass is 182 g/mol. The molecule has 2 N–H and O–H groups in total. The van der Waals surface area contributed by atoms with Crippen LogP contribution in [0.3, 0.4) is 0 Å². The van der Waals surface area contributed by atoms with Crippen LogP contribution < -0.4 is 0 Å². The van der Waals surface area contributed by atoms with E-state index < -0.39 is 6.10 Å². The molecule has 0 aromatic rings. The predicted octanol–water partition coefficient (Wildman–Crippen LogP) is 0.265. The van der Waals surface area contributed by atoms with Crippen molar-refractivity contribution in [1.29, 1.82) is 0 Å². The summed E-state index contributed by atoms with van der Waals surface area (Å²) in [6.07, 6.45) is 3.14. The molecule has 0 saturated heterocycles. The highest BCUT2D eigenvalue weighted by atomic mass is 16.3. The Morgan fingerprint density at radius 1 is 1.54 bits per heavy atom. The van der Waals surface area contributed by atoms with Crippen LogP contribution in [0.2, 0.25) is 0 Å². The summed E-state index contributed by atoms with van der Waals surface area (Å²) in [4.78, 5) is 11.2. The second kappa shape index (κ2) is 3.24. The zero-order chi connectivity index (χ0) is 9.42. The van der Waals surface area contributed by atoms with Gasteiger partial charge < -0.3 is 10.2 Å². The molecule has 2 aliphatic rings. The Hall–Kier alpha value is -0.670. The van der Waals surface area contributed by atoms with Crippen molar-refractivity contribution < 1.29 is 15.0 Å². The molecule has 0 unspecified atom stereocenters. The molecule has 2 aliphatic carbocycles. The van der Waals surface area contributed by atoms with Crippen LogP contribution in [0.1, 0.15) is 19.3 Å². The van der Waals surface area contributed by atoms with E-state index in [0.29, 0.717) is 12.8 Å². The second-order valence-corrected chi connectivity index (χ2v) is 3.94. The fourth-order valence-electron chi connectivity index (χ4n) is 2.48. The van der Waals surface area contributed by atoms with Gasteiger partial charge in [0.25, 0.3) is 0 Å². The Morgan fingerprint density at radius 2 is 2.31 bits per heavy atom. The molecule has 2 rings (SSSR count). The average molecular weight is 182 g/mol. The van der Waals surface area contributed by atoms with Crippen LogP contribution in [-0.2, 0) is 4.79 Å². The minimum atomic E-state index is -0.444. The Kier molecular flexibility index (Phi) is 2.22. The van der Waals surface area contributed by atoms with Crippen molar-refractivity contribution in [1.82, 2.24) is 0 Å². The van der Waals surface area contributed by atoms with Crippen molar-refractivity contribution in [2.24, 2.45) is 11.8 Å². The van der Waals surface area contributed by atoms with Gasteiger partial charge in [-0.2, -0.15) is 0 Å². The van der Waals surface area contributed by atoms with Crippen LogP contribution in [-0.4, -0.2) is 28.7 Å². The van der Waals surface area contributed by atoms with E-state index in [4.69, 9.17) is 5.11 Å². The van der Waals surface area contributed by atoms with Crippen molar-refractivity contribution in [3.63, 3.8) is 0 Å². The van der Waals surface area contributed by atoms with Gasteiger partial charge in [-0.05, 0) is 23.8 Å². The number of hydrogen-bond donors (Lipinski definition) is 2. The summed E-state index contributed by atoms with van der Waals surface area (Å²) >= 11 is 0. The number of Topliss-reactive ketones (excluding diaryl/α,β-unsaturated/α-hetero) is 1. The van der Waals surface area contributed by atoms with E-state index in [0.717, 1.165) is 12.0 Å². The SMILES string of the molecule is O=C1CC[C@@H]2[C@@H](O)C=C(CO)[C@@H]2C1. The summed E-state index contributed by atoms with van der Waals surface area (Å²) in [5.41, 5.74) is 0.852. The van der Waals surface area contributed by atoms with Gasteiger partial charge in [-0.15, -0.1) is 0 Å². The molecule has 3 atom stereocenters. The number of carbonyl (C=O) groups is 1. The van der Waals surface area contributed by atoms with Crippen LogP contribution in [0.15, 0.2) is 11.6 Å². The number of rotatable bonds is 1. The number of fused-ring (bicyclic) bond motifs is 1. The Labute approximate surface area is 77.1 Å². The first-order valence-electron chi connectivity index (χ1n) is 4.73. The van der Waals surface area contributed by atoms with E-state index >= 15 is 0 Å². The van der Waals surface area contributed by atoms with Gasteiger partial charge >= 0.3 is 0 Å². The van der Waals surface area contributed by atoms with Gasteiger partial charge in [-0.1, -0.05) is 6.08 Å². The van der Waals surface area contributed by atoms with Crippen LogP contribution in [0.4, 0.5) is 0 Å². The Morgan fingerprint density at radius 3 is 3.00 bits per heavy atom. The lowest BCUT2D eigenvalue weighted by Crippen LogP contribution is -2.29. The molecule has 13 heavy (non-hydrogen) atoms. The van der Waals surface area contributed by atoms with Crippen molar-refractivity contribution in [3.05, 3.63) is 11.6 Å². The van der Waals surface area contributed by atoms with Gasteiger partial charge in [0.2, 0.25) is 0 Å². The third-order valence-electron chi connectivity index (χ3n) is 3.20. The fourth-order valence-corrected chi connectivity index (χ4v) is 2.48. The topological polar surface area (TPSA) is 57.5 Å². The highest BCUT2D eigenvalue weighted by Crippen LogP contribution is 2.40. The van der Waals surface area contributed by atoms with E-state index in [2.05, 4.69) is 0 Å². The minimum absolute atomic E-state index is 0.0223. The summed E-state index contributed by atoms with van der Waals surface area (Å²) in [5.74, 6) is 0.552. The van der Waals surface area contributed by atoms with Gasteiger partial charge in [0.1, 0.15) is 5.78 Å². The van der Waals surface area contributed by atoms with E-state index in [9.17, 15) is 9.90 Å². The van der Waals surface area contributed by atoms with Crippen LogP contribution in [0.5, 0.6) is 0 Å². The summed E-state index contributed by atoms with van der Waals surface area (Å²) in [6.45, 7) is -0.0223. The third kappa shape index (κ3) is 1.42. The number of hydrogen-bond acceptors (Lipinski definition) is 3. The first kappa shape index (κ1) is 8.91. The van der Waals surface area contributed by atoms with Crippen molar-refractivity contribution in [2.75, 3.05) is 6.61 Å². The molecular formula is C10H14O3. The maximum Gasteiger partial charge on any atom is 0.133 e. The summed E-state index contributed by atoms with van der Waals surface area (Å²) in [7, 11) is 0. The van der Waals surface area contributed by atoms with Crippen molar-refractivity contribution in [3.8, 4) is 0 Å². The Balaban J connectivity index is 2.17. The molecule has 3 heteroatoms. The molecule has 0 aromatic heterocycles. The largest absolute Gasteiger partial charge is 0.392 e. The molecule has 1 saturated carbocycles. The summed E-state index contributed by atoms with van der Waals surface area (Å²) in [5, 5.41) is 18.6. The third-order valence-corrected chi connectivity index (χ3v) is 3.20. The fraction of sp³-hybridized carbons (Fsp3) is 0.700. The smallest absolute Gasteiger partial charge is 0.133 e. The van der Waals surface area contributed by atoms with E-state index in [1.165, 1.54) is 0 Å². The van der Waals surface area contributed by atoms with E-state index in [1.54, 1.807) is 6.08 Å². The standard InChI is InChI=1S/C10H14O3/c11-5-6-3-10(13)8-2-1-7(12)4-9(6)8/h3,8-11,13H,1-2,4-5H2/t8-,9-,10-/m0/s1. The lowest BCUT2D eigenvalue weighted by molar-refractivity contribution is -0.122. The zero-order valence-corrected chi connectivity index (χ0v) is 7.44. The summed E-state index contributed by atoms with van der Waals surface area (Å²) in [6, 6.07) is 0. The maximum atomic E-state index is 11.2. The summed E-state index contributed by atoms with van der Waals surface area (Å²) < 4.78 is 0. The quantitative estimate of drug-likeness (QED) is 0.572. The van der Waals surface area contributed by atoms with Crippen LogP contribution in [0, 0.1) is 11.8 Å².